The van der Waals surface area contributed by atoms with Gasteiger partial charge >= 0.3 is 0 Å². The van der Waals surface area contributed by atoms with Crippen molar-refractivity contribution in [1.29, 1.82) is 0 Å². The van der Waals surface area contributed by atoms with E-state index < -0.39 is 0 Å². The van der Waals surface area contributed by atoms with Gasteiger partial charge in [-0.2, -0.15) is 0 Å². The third kappa shape index (κ3) is 6.59. The molecule has 0 fully saturated rings. The predicted octanol–water partition coefficient (Wildman–Crippen LogP) is 4.33. The summed E-state index contributed by atoms with van der Waals surface area (Å²) in [6.07, 6.45) is 0. The van der Waals surface area contributed by atoms with E-state index in [0.717, 1.165) is 11.1 Å². The van der Waals surface area contributed by atoms with E-state index in [0.29, 0.717) is 34.1 Å². The van der Waals surface area contributed by atoms with Gasteiger partial charge in [-0.1, -0.05) is 53.6 Å². The highest BCUT2D eigenvalue weighted by atomic mass is 35.5. The summed E-state index contributed by atoms with van der Waals surface area (Å²) in [7, 11) is 3.29. The monoisotopic (exact) mass is 478 g/mol. The molecule has 3 amide bonds. The molecule has 3 rings (SSSR count). The number of hydrogen-bond acceptors (Lipinski definition) is 4. The minimum Gasteiger partial charge on any atom is -0.375 e. The predicted molar refractivity (Wildman–Crippen MR) is 135 cm³/mol. The Labute approximate surface area is 204 Å². The Morgan fingerprint density at radius 1 is 0.882 bits per heavy atom. The van der Waals surface area contributed by atoms with Crippen LogP contribution in [-0.2, 0) is 11.3 Å². The number of carbonyl (C=O) groups is 3. The van der Waals surface area contributed by atoms with Gasteiger partial charge in [0.1, 0.15) is 0 Å². The number of nitrogens with one attached hydrogen (secondary N) is 3. The van der Waals surface area contributed by atoms with E-state index in [-0.39, 0.29) is 24.3 Å². The Morgan fingerprint density at radius 2 is 1.59 bits per heavy atom. The number of halogens is 1. The summed E-state index contributed by atoms with van der Waals surface area (Å²) in [4.78, 5) is 39.2. The Bertz CT molecular complexity index is 1190. The quantitative estimate of drug-likeness (QED) is 0.449. The van der Waals surface area contributed by atoms with Gasteiger partial charge in [0.2, 0.25) is 5.91 Å². The maximum Gasteiger partial charge on any atom is 0.255 e. The molecule has 0 spiro atoms. The Morgan fingerprint density at radius 3 is 2.29 bits per heavy atom. The number of aryl methyl sites for hydroxylation is 1. The van der Waals surface area contributed by atoms with Crippen molar-refractivity contribution >= 4 is 40.7 Å². The lowest BCUT2D eigenvalue weighted by Gasteiger charge is -2.16. The maximum absolute atomic E-state index is 12.8. The molecule has 0 aliphatic rings. The molecule has 176 valence electrons. The lowest BCUT2D eigenvalue weighted by Crippen LogP contribution is -2.27. The number of anilines is 2. The second-order valence-electron chi connectivity index (χ2n) is 8.01. The van der Waals surface area contributed by atoms with Crippen molar-refractivity contribution in [1.82, 2.24) is 10.2 Å². The first-order valence-corrected chi connectivity index (χ1v) is 11.1. The molecule has 3 N–H and O–H groups in total. The average Bonchev–Trinajstić information content (AvgIpc) is 2.82. The van der Waals surface area contributed by atoms with E-state index in [2.05, 4.69) is 16.0 Å². The molecule has 8 heteroatoms. The van der Waals surface area contributed by atoms with E-state index in [1.165, 1.54) is 4.90 Å². The van der Waals surface area contributed by atoms with Crippen molar-refractivity contribution in [3.05, 3.63) is 94.0 Å². The summed E-state index contributed by atoms with van der Waals surface area (Å²) in [6, 6.07) is 19.5. The molecule has 3 aromatic carbocycles. The number of hydrogen-bond donors (Lipinski definition) is 3. The van der Waals surface area contributed by atoms with Gasteiger partial charge in [-0.15, -0.1) is 0 Å². The Kier molecular flexibility index (Phi) is 8.27. The molecule has 0 saturated carbocycles. The van der Waals surface area contributed by atoms with Crippen LogP contribution in [0.2, 0.25) is 5.02 Å². The molecule has 0 aromatic heterocycles. The fourth-order valence-corrected chi connectivity index (χ4v) is 3.41. The van der Waals surface area contributed by atoms with Crippen molar-refractivity contribution in [3.63, 3.8) is 0 Å². The summed E-state index contributed by atoms with van der Waals surface area (Å²) >= 11 is 6.07. The summed E-state index contributed by atoms with van der Waals surface area (Å²) in [6.45, 7) is 2.26. The number of benzene rings is 3. The van der Waals surface area contributed by atoms with Crippen LogP contribution in [0.3, 0.4) is 0 Å². The highest BCUT2D eigenvalue weighted by Crippen LogP contribution is 2.22. The zero-order valence-electron chi connectivity index (χ0n) is 19.3. The molecule has 0 saturated heterocycles. The zero-order valence-corrected chi connectivity index (χ0v) is 20.1. The van der Waals surface area contributed by atoms with Gasteiger partial charge < -0.3 is 20.9 Å². The topological polar surface area (TPSA) is 90.5 Å². The maximum atomic E-state index is 12.8. The molecular formula is C26H27ClN4O3. The van der Waals surface area contributed by atoms with Gasteiger partial charge in [0.15, 0.2) is 0 Å². The lowest BCUT2D eigenvalue weighted by atomic mass is 10.1. The molecule has 7 nitrogen and oxygen atoms in total. The molecule has 0 heterocycles. The van der Waals surface area contributed by atoms with Crippen molar-refractivity contribution < 1.29 is 14.4 Å². The number of amides is 3. The van der Waals surface area contributed by atoms with Gasteiger partial charge in [-0.25, -0.2) is 0 Å². The first-order valence-electron chi connectivity index (χ1n) is 10.7. The van der Waals surface area contributed by atoms with Gasteiger partial charge in [-0.3, -0.25) is 14.4 Å². The van der Waals surface area contributed by atoms with E-state index >= 15 is 0 Å². The van der Waals surface area contributed by atoms with Gasteiger partial charge in [0, 0.05) is 31.4 Å². The van der Waals surface area contributed by atoms with Crippen LogP contribution in [0.1, 0.15) is 31.8 Å². The molecule has 0 aliphatic carbocycles. The molecule has 0 bridgehead atoms. The van der Waals surface area contributed by atoms with Crippen LogP contribution in [0.15, 0.2) is 66.7 Å². The number of nitrogens with zero attached hydrogens (tertiary/aromatic N) is 1. The van der Waals surface area contributed by atoms with Gasteiger partial charge in [-0.05, 0) is 42.8 Å². The number of rotatable bonds is 8. The third-order valence-electron chi connectivity index (χ3n) is 5.08. The molecule has 0 unspecified atom stereocenters. The third-order valence-corrected chi connectivity index (χ3v) is 5.31. The van der Waals surface area contributed by atoms with Crippen molar-refractivity contribution in [2.24, 2.45) is 0 Å². The first kappa shape index (κ1) is 24.8. The number of para-hydroxylation sites is 1. The highest BCUT2D eigenvalue weighted by molar-refractivity contribution is 6.31. The molecule has 0 atom stereocenters. The summed E-state index contributed by atoms with van der Waals surface area (Å²) < 4.78 is 0. The molecule has 0 radical (unpaired) electrons. The number of carbonyl (C=O) groups excluding carboxylic acids is 3. The van der Waals surface area contributed by atoms with E-state index in [9.17, 15) is 14.4 Å². The van der Waals surface area contributed by atoms with Gasteiger partial charge in [0.05, 0.1) is 23.4 Å². The summed E-state index contributed by atoms with van der Waals surface area (Å²) in [5.74, 6) is -0.879. The molecule has 34 heavy (non-hydrogen) atoms. The Balaban J connectivity index is 1.65. The molecule has 3 aromatic rings. The molecule has 0 aliphatic heterocycles. The lowest BCUT2D eigenvalue weighted by molar-refractivity contribution is -0.114. The summed E-state index contributed by atoms with van der Waals surface area (Å²) in [5.41, 5.74) is 3.73. The van der Waals surface area contributed by atoms with Crippen molar-refractivity contribution in [2.75, 3.05) is 31.3 Å². The fraction of sp³-hybridized carbons (Fsp3) is 0.192. The summed E-state index contributed by atoms with van der Waals surface area (Å²) in [5, 5.41) is 9.05. The fourth-order valence-electron chi connectivity index (χ4n) is 3.23. The van der Waals surface area contributed by atoms with Crippen LogP contribution in [0.4, 0.5) is 11.4 Å². The minimum absolute atomic E-state index is 0.118. The van der Waals surface area contributed by atoms with Crippen LogP contribution in [0.5, 0.6) is 0 Å². The van der Waals surface area contributed by atoms with E-state index in [1.807, 2.05) is 31.2 Å². The molecular weight excluding hydrogens is 452 g/mol. The minimum atomic E-state index is -0.373. The van der Waals surface area contributed by atoms with Crippen molar-refractivity contribution in [2.45, 2.75) is 13.5 Å². The van der Waals surface area contributed by atoms with E-state index in [1.54, 1.807) is 56.6 Å². The second kappa shape index (κ2) is 11.3. The van der Waals surface area contributed by atoms with Crippen LogP contribution in [0, 0.1) is 6.92 Å². The zero-order chi connectivity index (χ0) is 24.7. The highest BCUT2D eigenvalue weighted by Gasteiger charge is 2.16. The average molecular weight is 479 g/mol. The van der Waals surface area contributed by atoms with Crippen LogP contribution >= 0.6 is 11.6 Å². The van der Waals surface area contributed by atoms with Gasteiger partial charge in [0.25, 0.3) is 11.8 Å². The van der Waals surface area contributed by atoms with Crippen LogP contribution in [0.25, 0.3) is 0 Å². The van der Waals surface area contributed by atoms with Crippen LogP contribution in [-0.4, -0.2) is 43.3 Å². The van der Waals surface area contributed by atoms with E-state index in [4.69, 9.17) is 11.6 Å². The standard InChI is InChI=1S/C26H27ClN4O3/c1-17-8-10-18(11-9-17)15-29-25(33)20-6-4-5-7-22(20)30-24(32)16-28-23-14-19(27)12-13-21(23)26(34)31(2)3/h4-14,28H,15-16H2,1-3H3,(H,29,33)(H,30,32). The smallest absolute Gasteiger partial charge is 0.255 e. The normalized spacial score (nSPS) is 10.4. The largest absolute Gasteiger partial charge is 0.375 e. The second-order valence-corrected chi connectivity index (χ2v) is 8.44. The SMILES string of the molecule is Cc1ccc(CNC(=O)c2ccccc2NC(=O)CNc2cc(Cl)ccc2C(=O)N(C)C)cc1. The Hall–Kier alpha value is -3.84. The van der Waals surface area contributed by atoms with Crippen LogP contribution < -0.4 is 16.0 Å². The first-order chi connectivity index (χ1) is 16.2. The van der Waals surface area contributed by atoms with Crippen molar-refractivity contribution in [3.8, 4) is 0 Å².